The van der Waals surface area contributed by atoms with Crippen LogP contribution in [0.1, 0.15) is 6.92 Å². The molecule has 0 radical (unpaired) electrons. The summed E-state index contributed by atoms with van der Waals surface area (Å²) in [4.78, 5) is 0. The zero-order valence-electron chi connectivity index (χ0n) is 5.97. The first kappa shape index (κ1) is 7.50. The van der Waals surface area contributed by atoms with Crippen molar-refractivity contribution in [3.63, 3.8) is 0 Å². The second-order valence-electron chi connectivity index (χ2n) is 2.66. The maximum atomic E-state index is 9.03. The van der Waals surface area contributed by atoms with Crippen molar-refractivity contribution in [2.45, 2.75) is 6.92 Å². The SMILES string of the molecule is C/C=C(\O)[N+](C)(C)C. The monoisotopic (exact) mass is 116 g/mol. The molecule has 0 saturated carbocycles. The first-order chi connectivity index (χ1) is 3.48. The van der Waals surface area contributed by atoms with Crippen molar-refractivity contribution in [2.24, 2.45) is 0 Å². The van der Waals surface area contributed by atoms with Crippen LogP contribution < -0.4 is 0 Å². The summed E-state index contributed by atoms with van der Waals surface area (Å²) >= 11 is 0. The zero-order chi connectivity index (χ0) is 6.78. The van der Waals surface area contributed by atoms with E-state index in [4.69, 9.17) is 5.11 Å². The molecule has 0 aliphatic rings. The molecule has 0 aromatic heterocycles. The number of hydrogen-bond donors (Lipinski definition) is 1. The molecule has 8 heavy (non-hydrogen) atoms. The van der Waals surface area contributed by atoms with Gasteiger partial charge in [0, 0.05) is 6.08 Å². The smallest absolute Gasteiger partial charge is 0.283 e. The van der Waals surface area contributed by atoms with Crippen molar-refractivity contribution in [3.8, 4) is 0 Å². The van der Waals surface area contributed by atoms with E-state index in [2.05, 4.69) is 0 Å². The Morgan fingerprint density at radius 3 is 1.75 bits per heavy atom. The number of rotatable bonds is 1. The van der Waals surface area contributed by atoms with Gasteiger partial charge in [-0.2, -0.15) is 0 Å². The summed E-state index contributed by atoms with van der Waals surface area (Å²) in [6, 6.07) is 0. The van der Waals surface area contributed by atoms with Crippen LogP contribution in [-0.2, 0) is 0 Å². The average molecular weight is 116 g/mol. The lowest BCUT2D eigenvalue weighted by Gasteiger charge is -2.20. The summed E-state index contributed by atoms with van der Waals surface area (Å²) in [6.07, 6.45) is 1.69. The zero-order valence-corrected chi connectivity index (χ0v) is 5.97. The van der Waals surface area contributed by atoms with Gasteiger partial charge in [-0.05, 0) is 6.92 Å². The Balaban J connectivity index is 4.03. The molecule has 0 aromatic carbocycles. The molecule has 2 nitrogen and oxygen atoms in total. The van der Waals surface area contributed by atoms with Crippen molar-refractivity contribution in [1.29, 1.82) is 0 Å². The van der Waals surface area contributed by atoms with Crippen molar-refractivity contribution >= 4 is 0 Å². The van der Waals surface area contributed by atoms with Gasteiger partial charge < -0.3 is 5.11 Å². The standard InChI is InChI=1S/C6H13NO/c1-5-6(8)7(2,3)4/h5H,1-4H3/p+1/b6-5-. The van der Waals surface area contributed by atoms with Crippen LogP contribution in [-0.4, -0.2) is 30.7 Å². The van der Waals surface area contributed by atoms with E-state index in [1.165, 1.54) is 0 Å². The molecule has 0 atom stereocenters. The number of nitrogens with zero attached hydrogens (tertiary/aromatic N) is 1. The summed E-state index contributed by atoms with van der Waals surface area (Å²) in [6.45, 7) is 1.82. The van der Waals surface area contributed by atoms with Gasteiger partial charge in [-0.3, -0.25) is 4.48 Å². The molecule has 0 aromatic rings. The summed E-state index contributed by atoms with van der Waals surface area (Å²) in [5.41, 5.74) is 0. The van der Waals surface area contributed by atoms with E-state index in [1.807, 2.05) is 28.1 Å². The van der Waals surface area contributed by atoms with E-state index < -0.39 is 0 Å². The fourth-order valence-electron chi connectivity index (χ4n) is 0.387. The molecular weight excluding hydrogens is 102 g/mol. The van der Waals surface area contributed by atoms with Gasteiger partial charge in [0.25, 0.3) is 5.88 Å². The summed E-state index contributed by atoms with van der Waals surface area (Å²) < 4.78 is 0.497. The van der Waals surface area contributed by atoms with Gasteiger partial charge in [-0.15, -0.1) is 0 Å². The van der Waals surface area contributed by atoms with Crippen LogP contribution in [0, 0.1) is 0 Å². The van der Waals surface area contributed by atoms with Gasteiger partial charge in [0.15, 0.2) is 0 Å². The van der Waals surface area contributed by atoms with E-state index in [9.17, 15) is 0 Å². The highest BCUT2D eigenvalue weighted by Crippen LogP contribution is 2.00. The minimum absolute atomic E-state index is 0.394. The van der Waals surface area contributed by atoms with Crippen molar-refractivity contribution < 1.29 is 9.59 Å². The molecule has 0 amide bonds. The Morgan fingerprint density at radius 1 is 1.38 bits per heavy atom. The lowest BCUT2D eigenvalue weighted by atomic mass is 10.5. The van der Waals surface area contributed by atoms with Crippen LogP contribution in [0.5, 0.6) is 0 Å². The third-order valence-corrected chi connectivity index (χ3v) is 0.945. The van der Waals surface area contributed by atoms with Crippen molar-refractivity contribution in [1.82, 2.24) is 0 Å². The first-order valence-corrected chi connectivity index (χ1v) is 2.65. The molecule has 0 heterocycles. The topological polar surface area (TPSA) is 20.2 Å². The normalized spacial score (nSPS) is 14.2. The van der Waals surface area contributed by atoms with Gasteiger partial charge in [-0.25, -0.2) is 0 Å². The Bertz CT molecular complexity index is 99.6. The summed E-state index contributed by atoms with van der Waals surface area (Å²) in [5, 5.41) is 9.03. The van der Waals surface area contributed by atoms with E-state index in [-0.39, 0.29) is 0 Å². The molecule has 1 N–H and O–H groups in total. The number of aliphatic hydroxyl groups is 1. The molecule has 0 unspecified atom stereocenters. The predicted molar refractivity (Wildman–Crippen MR) is 34.4 cm³/mol. The van der Waals surface area contributed by atoms with E-state index in [0.29, 0.717) is 10.4 Å². The molecular formula is C6H14NO+. The summed E-state index contributed by atoms with van der Waals surface area (Å²) in [5.74, 6) is 0.394. The van der Waals surface area contributed by atoms with Gasteiger partial charge in [0.05, 0.1) is 21.1 Å². The highest BCUT2D eigenvalue weighted by Gasteiger charge is 2.11. The lowest BCUT2D eigenvalue weighted by Crippen LogP contribution is -2.32. The van der Waals surface area contributed by atoms with Crippen molar-refractivity contribution in [2.75, 3.05) is 21.1 Å². The van der Waals surface area contributed by atoms with Gasteiger partial charge >= 0.3 is 0 Å². The third kappa shape index (κ3) is 1.98. The molecule has 48 valence electrons. The number of quaternary nitrogens is 1. The molecule has 0 aliphatic carbocycles. The molecule has 0 rings (SSSR count). The molecule has 0 bridgehead atoms. The van der Waals surface area contributed by atoms with E-state index >= 15 is 0 Å². The molecule has 0 aliphatic heterocycles. The van der Waals surface area contributed by atoms with Crippen LogP contribution in [0.15, 0.2) is 12.0 Å². The summed E-state index contributed by atoms with van der Waals surface area (Å²) in [7, 11) is 5.74. The molecule has 0 spiro atoms. The maximum absolute atomic E-state index is 9.03. The van der Waals surface area contributed by atoms with Gasteiger partial charge in [0.2, 0.25) is 0 Å². The minimum atomic E-state index is 0.394. The predicted octanol–water partition coefficient (Wildman–Crippen LogP) is 1.11. The van der Waals surface area contributed by atoms with Gasteiger partial charge in [0.1, 0.15) is 0 Å². The molecule has 2 heteroatoms. The Labute approximate surface area is 50.6 Å². The van der Waals surface area contributed by atoms with Crippen molar-refractivity contribution in [3.05, 3.63) is 12.0 Å². The number of hydrogen-bond acceptors (Lipinski definition) is 1. The fraction of sp³-hybridized carbons (Fsp3) is 0.667. The quantitative estimate of drug-likeness (QED) is 0.402. The molecule has 0 saturated heterocycles. The fourth-order valence-corrected chi connectivity index (χ4v) is 0.387. The van der Waals surface area contributed by atoms with Crippen LogP contribution in [0.2, 0.25) is 0 Å². The Morgan fingerprint density at radius 2 is 1.75 bits per heavy atom. The van der Waals surface area contributed by atoms with E-state index in [0.717, 1.165) is 0 Å². The molecule has 0 fully saturated rings. The Kier molecular flexibility index (Phi) is 2.04. The van der Waals surface area contributed by atoms with Crippen LogP contribution in [0.25, 0.3) is 0 Å². The maximum Gasteiger partial charge on any atom is 0.283 e. The van der Waals surface area contributed by atoms with Gasteiger partial charge in [-0.1, -0.05) is 0 Å². The largest absolute Gasteiger partial charge is 0.468 e. The third-order valence-electron chi connectivity index (χ3n) is 0.945. The number of allylic oxidation sites excluding steroid dienone is 1. The first-order valence-electron chi connectivity index (χ1n) is 2.65. The Hall–Kier alpha value is -0.500. The van der Waals surface area contributed by atoms with E-state index in [1.54, 1.807) is 6.08 Å². The second kappa shape index (κ2) is 2.18. The van der Waals surface area contributed by atoms with Crippen LogP contribution in [0.4, 0.5) is 0 Å². The van der Waals surface area contributed by atoms with Crippen LogP contribution >= 0.6 is 0 Å². The average Bonchev–Trinajstić information content (AvgIpc) is 1.62. The minimum Gasteiger partial charge on any atom is -0.468 e. The number of aliphatic hydroxyl groups excluding tert-OH is 1. The second-order valence-corrected chi connectivity index (χ2v) is 2.66. The van der Waals surface area contributed by atoms with Crippen LogP contribution in [0.3, 0.4) is 0 Å². The lowest BCUT2D eigenvalue weighted by molar-refractivity contribution is -0.847. The highest BCUT2D eigenvalue weighted by atomic mass is 16.3. The highest BCUT2D eigenvalue weighted by molar-refractivity contribution is 4.75.